The van der Waals surface area contributed by atoms with Gasteiger partial charge in [-0.25, -0.2) is 0 Å². The molecule has 0 unspecified atom stereocenters. The average Bonchev–Trinajstić information content (AvgIpc) is 3.87. The minimum absolute atomic E-state index is 1.13. The Morgan fingerprint density at radius 1 is 0.377 bits per heavy atom. The van der Waals surface area contributed by atoms with E-state index in [0.717, 1.165) is 22.7 Å². The van der Waals surface area contributed by atoms with Crippen molar-refractivity contribution in [2.24, 2.45) is 0 Å². The van der Waals surface area contributed by atoms with Crippen molar-refractivity contribution in [3.63, 3.8) is 0 Å². The van der Waals surface area contributed by atoms with Gasteiger partial charge in [0.25, 0.3) is 0 Å². The first kappa shape index (κ1) is 29.0. The van der Waals surface area contributed by atoms with Gasteiger partial charge in [-0.2, -0.15) is 0 Å². The Hall–Kier alpha value is -6.68. The van der Waals surface area contributed by atoms with Gasteiger partial charge in [-0.3, -0.25) is 0 Å². The molecule has 0 N–H and O–H groups in total. The predicted octanol–water partition coefficient (Wildman–Crippen LogP) is 14.6. The first-order valence-electron chi connectivity index (χ1n) is 18.2. The molecule has 0 aliphatic heterocycles. The summed E-state index contributed by atoms with van der Waals surface area (Å²) < 4.78 is 5.01. The fourth-order valence-corrected chi connectivity index (χ4v) is 10.1. The third-order valence-electron chi connectivity index (χ3n) is 11.3. The number of para-hydroxylation sites is 2. The zero-order valence-electron chi connectivity index (χ0n) is 28.6. The fourth-order valence-electron chi connectivity index (χ4n) is 8.99. The van der Waals surface area contributed by atoms with Crippen LogP contribution in [0.25, 0.3) is 91.5 Å². The molecule has 1 aliphatic carbocycles. The van der Waals surface area contributed by atoms with Crippen molar-refractivity contribution in [3.8, 4) is 27.9 Å². The molecule has 2 heterocycles. The van der Waals surface area contributed by atoms with E-state index in [1.165, 1.54) is 85.8 Å². The third-order valence-corrected chi connectivity index (χ3v) is 12.4. The molecule has 0 saturated heterocycles. The maximum Gasteiger partial charge on any atom is 0.0542 e. The largest absolute Gasteiger partial charge is 0.310 e. The van der Waals surface area contributed by atoms with Gasteiger partial charge in [0.15, 0.2) is 0 Å². The van der Waals surface area contributed by atoms with Crippen LogP contribution in [0.4, 0.5) is 17.1 Å². The number of nitrogens with zero attached hydrogens (tertiary/aromatic N) is 2. The second-order valence-electron chi connectivity index (χ2n) is 14.1. The lowest BCUT2D eigenvalue weighted by Gasteiger charge is -2.26. The lowest BCUT2D eigenvalue weighted by Crippen LogP contribution is -2.10. The van der Waals surface area contributed by atoms with E-state index in [-0.39, 0.29) is 0 Å². The highest BCUT2D eigenvalue weighted by Crippen LogP contribution is 2.52. The van der Waals surface area contributed by atoms with Crippen molar-refractivity contribution in [1.29, 1.82) is 0 Å². The Morgan fingerprint density at radius 3 is 1.94 bits per heavy atom. The highest BCUT2D eigenvalue weighted by Gasteiger charge is 2.26. The monoisotopic (exact) mass is 690 g/mol. The fraction of sp³-hybridized carbons (Fsp3) is 0. The summed E-state index contributed by atoms with van der Waals surface area (Å²) >= 11 is 1.86. The molecular formula is C50H30N2S. The maximum absolute atomic E-state index is 2.46. The molecule has 1 aliphatic rings. The van der Waals surface area contributed by atoms with Crippen molar-refractivity contribution in [3.05, 3.63) is 182 Å². The molecule has 0 radical (unpaired) electrons. The van der Waals surface area contributed by atoms with Crippen molar-refractivity contribution >= 4 is 91.9 Å². The van der Waals surface area contributed by atoms with E-state index < -0.39 is 0 Å². The summed E-state index contributed by atoms with van der Waals surface area (Å²) in [4.78, 5) is 2.46. The van der Waals surface area contributed by atoms with Crippen LogP contribution in [0.2, 0.25) is 0 Å². The molecule has 3 heteroatoms. The van der Waals surface area contributed by atoms with Gasteiger partial charge in [-0.15, -0.1) is 11.3 Å². The zero-order chi connectivity index (χ0) is 34.6. The third kappa shape index (κ3) is 4.14. The molecule has 0 amide bonds. The molecule has 0 saturated carbocycles. The molecule has 2 aromatic heterocycles. The predicted molar refractivity (Wildman–Crippen MR) is 228 cm³/mol. The van der Waals surface area contributed by atoms with Crippen molar-refractivity contribution < 1.29 is 0 Å². The Morgan fingerprint density at radius 2 is 1.04 bits per heavy atom. The lowest BCUT2D eigenvalue weighted by atomic mass is 9.96. The summed E-state index contributed by atoms with van der Waals surface area (Å²) in [5.74, 6) is 0. The number of aromatic nitrogens is 1. The minimum Gasteiger partial charge on any atom is -0.310 e. The number of rotatable bonds is 4. The number of benzene rings is 9. The van der Waals surface area contributed by atoms with Crippen molar-refractivity contribution in [2.75, 3.05) is 4.90 Å². The summed E-state index contributed by atoms with van der Waals surface area (Å²) in [5, 5.41) is 10.3. The van der Waals surface area contributed by atoms with E-state index in [0.29, 0.717) is 0 Å². The topological polar surface area (TPSA) is 8.17 Å². The lowest BCUT2D eigenvalue weighted by molar-refractivity contribution is 1.18. The van der Waals surface area contributed by atoms with E-state index in [2.05, 4.69) is 191 Å². The summed E-state index contributed by atoms with van der Waals surface area (Å²) in [7, 11) is 0. The van der Waals surface area contributed by atoms with Gasteiger partial charge in [0, 0.05) is 53.7 Å². The van der Waals surface area contributed by atoms with Crippen LogP contribution >= 0.6 is 11.3 Å². The van der Waals surface area contributed by atoms with E-state index >= 15 is 0 Å². The quantitative estimate of drug-likeness (QED) is 0.167. The molecule has 0 atom stereocenters. The van der Waals surface area contributed by atoms with Gasteiger partial charge >= 0.3 is 0 Å². The van der Waals surface area contributed by atoms with Gasteiger partial charge in [-0.1, -0.05) is 103 Å². The van der Waals surface area contributed by atoms with E-state index in [4.69, 9.17) is 0 Å². The number of anilines is 3. The molecule has 0 fully saturated rings. The van der Waals surface area contributed by atoms with Crippen LogP contribution in [0, 0.1) is 0 Å². The van der Waals surface area contributed by atoms with E-state index in [9.17, 15) is 0 Å². The van der Waals surface area contributed by atoms with E-state index in [1.807, 2.05) is 11.3 Å². The van der Waals surface area contributed by atoms with E-state index in [1.54, 1.807) is 0 Å². The highest BCUT2D eigenvalue weighted by atomic mass is 32.1. The minimum atomic E-state index is 1.13. The highest BCUT2D eigenvalue weighted by molar-refractivity contribution is 7.25. The molecule has 246 valence electrons. The van der Waals surface area contributed by atoms with Crippen LogP contribution in [-0.4, -0.2) is 4.57 Å². The Labute approximate surface area is 310 Å². The standard InChI is InChI=1S/C50H30N2S/c1-2-13-33(14-3-1)52-45-19-8-6-16-38(45)43-29-35(22-25-46(43)52)51(36-23-26-48-44(30-36)39-17-7-9-20-47(39)53-48)34-21-24-41-42(28-34)40-18-10-12-32-27-31-11-4-5-15-37(31)50(41)49(32)40/h1-30H. The first-order valence-corrected chi connectivity index (χ1v) is 19.0. The first-order chi connectivity index (χ1) is 26.3. The van der Waals surface area contributed by atoms with Crippen LogP contribution in [-0.2, 0) is 0 Å². The number of hydrogen-bond donors (Lipinski definition) is 0. The summed E-state index contributed by atoms with van der Waals surface area (Å²) in [6, 6.07) is 67.3. The van der Waals surface area contributed by atoms with Gasteiger partial charge < -0.3 is 9.47 Å². The van der Waals surface area contributed by atoms with Crippen LogP contribution in [0.3, 0.4) is 0 Å². The van der Waals surface area contributed by atoms with Gasteiger partial charge in [-0.05, 0) is 123 Å². The summed E-state index contributed by atoms with van der Waals surface area (Å²) in [5.41, 5.74) is 12.2. The molecule has 11 aromatic rings. The van der Waals surface area contributed by atoms with Crippen molar-refractivity contribution in [1.82, 2.24) is 4.57 Å². The SMILES string of the molecule is c1ccc(-n2c3ccccc3c3cc(N(c4ccc5c(c4)-c4cccc6cc7ccccc7c-5c46)c4ccc5sc6ccccc6c5c4)ccc32)cc1. The molecule has 53 heavy (non-hydrogen) atoms. The van der Waals surface area contributed by atoms with Crippen LogP contribution < -0.4 is 4.90 Å². The van der Waals surface area contributed by atoms with Gasteiger partial charge in [0.1, 0.15) is 0 Å². The Bertz CT molecular complexity index is 3290. The molecule has 2 nitrogen and oxygen atoms in total. The molecular weight excluding hydrogens is 661 g/mol. The summed E-state index contributed by atoms with van der Waals surface area (Å²) in [6.45, 7) is 0. The number of hydrogen-bond acceptors (Lipinski definition) is 2. The maximum atomic E-state index is 2.46. The number of fused-ring (bicyclic) bond motifs is 11. The molecule has 0 spiro atoms. The zero-order valence-corrected chi connectivity index (χ0v) is 29.4. The molecule has 0 bridgehead atoms. The Kier molecular flexibility index (Phi) is 5.96. The second-order valence-corrected chi connectivity index (χ2v) is 15.2. The van der Waals surface area contributed by atoms with Gasteiger partial charge in [0.2, 0.25) is 0 Å². The van der Waals surface area contributed by atoms with Gasteiger partial charge in [0.05, 0.1) is 11.0 Å². The number of thiophene rings is 1. The summed E-state index contributed by atoms with van der Waals surface area (Å²) in [6.07, 6.45) is 0. The normalized spacial score (nSPS) is 12.2. The van der Waals surface area contributed by atoms with Crippen LogP contribution in [0.1, 0.15) is 0 Å². The van der Waals surface area contributed by atoms with Crippen LogP contribution in [0.15, 0.2) is 182 Å². The smallest absolute Gasteiger partial charge is 0.0542 e. The van der Waals surface area contributed by atoms with Crippen molar-refractivity contribution in [2.45, 2.75) is 0 Å². The molecule has 12 rings (SSSR count). The molecule has 9 aromatic carbocycles. The van der Waals surface area contributed by atoms with Crippen LogP contribution in [0.5, 0.6) is 0 Å². The Balaban J connectivity index is 1.12. The second kappa shape index (κ2) is 10.9. The average molecular weight is 691 g/mol.